The van der Waals surface area contributed by atoms with E-state index in [1.54, 1.807) is 0 Å². The highest BCUT2D eigenvalue weighted by Crippen LogP contribution is 2.24. The zero-order valence-corrected chi connectivity index (χ0v) is 17.9. The molecule has 7 heteroatoms. The number of hydrogen-bond acceptors (Lipinski definition) is 4. The molecule has 2 aliphatic heterocycles. The van der Waals surface area contributed by atoms with E-state index in [1.807, 2.05) is 12.4 Å². The fourth-order valence-corrected chi connectivity index (χ4v) is 4.14. The summed E-state index contributed by atoms with van der Waals surface area (Å²) in [6.45, 7) is 7.54. The summed E-state index contributed by atoms with van der Waals surface area (Å²) in [5, 5.41) is 6.68. The number of hydrogen-bond donors (Lipinski definition) is 2. The molecule has 2 N–H and O–H groups in total. The Labute approximate surface area is 175 Å². The molecule has 0 bridgehead atoms. The Morgan fingerprint density at radius 2 is 1.81 bits per heavy atom. The summed E-state index contributed by atoms with van der Waals surface area (Å²) in [5.74, 6) is 1.45. The van der Waals surface area contributed by atoms with Crippen LogP contribution >= 0.6 is 24.8 Å². The van der Waals surface area contributed by atoms with Crippen molar-refractivity contribution in [2.45, 2.75) is 51.6 Å². The van der Waals surface area contributed by atoms with E-state index in [-0.39, 0.29) is 30.7 Å². The van der Waals surface area contributed by atoms with Gasteiger partial charge in [-0.2, -0.15) is 0 Å². The largest absolute Gasteiger partial charge is 0.353 e. The number of carbonyl (C=O) groups is 1. The smallest absolute Gasteiger partial charge is 0.220 e. The number of rotatable bonds is 6. The summed E-state index contributed by atoms with van der Waals surface area (Å²) in [6.07, 6.45) is 8.92. The molecule has 1 aromatic rings. The number of piperidine rings is 2. The van der Waals surface area contributed by atoms with E-state index in [2.05, 4.69) is 39.6 Å². The van der Waals surface area contributed by atoms with Crippen molar-refractivity contribution >= 4 is 30.7 Å². The highest BCUT2D eigenvalue weighted by molar-refractivity contribution is 5.85. The Balaban J connectivity index is 0.00000182. The molecule has 154 valence electrons. The minimum Gasteiger partial charge on any atom is -0.353 e. The summed E-state index contributed by atoms with van der Waals surface area (Å²) in [5.41, 5.74) is 1.31. The Morgan fingerprint density at radius 3 is 2.44 bits per heavy atom. The summed E-state index contributed by atoms with van der Waals surface area (Å²) in [7, 11) is 0. The second-order valence-corrected chi connectivity index (χ2v) is 7.74. The maximum absolute atomic E-state index is 12.4. The highest BCUT2D eigenvalue weighted by Gasteiger charge is 2.24. The molecule has 5 nitrogen and oxygen atoms in total. The summed E-state index contributed by atoms with van der Waals surface area (Å²) >= 11 is 0. The molecule has 2 saturated heterocycles. The molecule has 1 amide bonds. The van der Waals surface area contributed by atoms with Crippen LogP contribution in [-0.4, -0.2) is 48.0 Å². The van der Waals surface area contributed by atoms with Gasteiger partial charge in [0.2, 0.25) is 5.91 Å². The van der Waals surface area contributed by atoms with Crippen molar-refractivity contribution in [1.29, 1.82) is 0 Å². The van der Waals surface area contributed by atoms with Gasteiger partial charge >= 0.3 is 0 Å². The van der Waals surface area contributed by atoms with Crippen molar-refractivity contribution < 1.29 is 4.79 Å². The van der Waals surface area contributed by atoms with Crippen LogP contribution < -0.4 is 10.6 Å². The zero-order chi connectivity index (χ0) is 17.5. The van der Waals surface area contributed by atoms with Crippen LogP contribution in [0.25, 0.3) is 0 Å². The third kappa shape index (κ3) is 7.94. The second kappa shape index (κ2) is 12.6. The molecule has 2 fully saturated rings. The van der Waals surface area contributed by atoms with Crippen LogP contribution in [0.3, 0.4) is 0 Å². The molecule has 0 spiro atoms. The van der Waals surface area contributed by atoms with Crippen molar-refractivity contribution in [3.8, 4) is 0 Å². The summed E-state index contributed by atoms with van der Waals surface area (Å²) in [4.78, 5) is 18.9. The lowest BCUT2D eigenvalue weighted by Crippen LogP contribution is -2.45. The number of aromatic nitrogens is 1. The van der Waals surface area contributed by atoms with Crippen LogP contribution in [0, 0.1) is 11.8 Å². The first kappa shape index (κ1) is 24.2. The maximum atomic E-state index is 12.4. The Hall–Kier alpha value is -0.880. The molecule has 0 aromatic carbocycles. The molecule has 1 aromatic heterocycles. The second-order valence-electron chi connectivity index (χ2n) is 7.74. The number of pyridine rings is 1. The van der Waals surface area contributed by atoms with Gasteiger partial charge < -0.3 is 10.6 Å². The predicted molar refractivity (Wildman–Crippen MR) is 115 cm³/mol. The van der Waals surface area contributed by atoms with Crippen LogP contribution in [0.2, 0.25) is 0 Å². The van der Waals surface area contributed by atoms with E-state index in [4.69, 9.17) is 0 Å². The van der Waals surface area contributed by atoms with Gasteiger partial charge in [-0.15, -0.1) is 24.8 Å². The molecule has 0 aliphatic carbocycles. The standard InChI is InChI=1S/C20H32N4O.2ClH/c1-16(18-4-10-22-11-5-18)14-20(25)23-19-6-12-24(13-7-19)15-17-2-8-21-9-3-17;;/h2-3,8-9,16,18-19,22H,4-7,10-15H2,1H3,(H,23,25);2*1H. The number of carbonyl (C=O) groups excluding carboxylic acids is 1. The fraction of sp³-hybridized carbons (Fsp3) is 0.700. The lowest BCUT2D eigenvalue weighted by molar-refractivity contribution is -0.123. The highest BCUT2D eigenvalue weighted by atomic mass is 35.5. The number of nitrogens with zero attached hydrogens (tertiary/aromatic N) is 2. The van der Waals surface area contributed by atoms with Gasteiger partial charge in [0.15, 0.2) is 0 Å². The molecule has 1 unspecified atom stereocenters. The Kier molecular flexibility index (Phi) is 11.2. The first-order valence-electron chi connectivity index (χ1n) is 9.82. The molecule has 0 saturated carbocycles. The lowest BCUT2D eigenvalue weighted by atomic mass is 9.84. The summed E-state index contributed by atoms with van der Waals surface area (Å²) < 4.78 is 0. The lowest BCUT2D eigenvalue weighted by Gasteiger charge is -2.33. The molecule has 0 radical (unpaired) electrons. The van der Waals surface area contributed by atoms with Crippen molar-refractivity contribution in [3.05, 3.63) is 30.1 Å². The first-order valence-corrected chi connectivity index (χ1v) is 9.82. The normalized spacial score (nSPS) is 20.2. The van der Waals surface area contributed by atoms with Gasteiger partial charge in [0.25, 0.3) is 0 Å². The minimum atomic E-state index is 0. The average Bonchev–Trinajstić information content (AvgIpc) is 2.65. The maximum Gasteiger partial charge on any atom is 0.220 e. The predicted octanol–water partition coefficient (Wildman–Crippen LogP) is 3.03. The van der Waals surface area contributed by atoms with Gasteiger partial charge in [0.1, 0.15) is 0 Å². The van der Waals surface area contributed by atoms with Crippen LogP contribution in [0.4, 0.5) is 0 Å². The first-order chi connectivity index (χ1) is 12.2. The van der Waals surface area contributed by atoms with E-state index in [0.29, 0.717) is 24.3 Å². The minimum absolute atomic E-state index is 0. The van der Waals surface area contributed by atoms with Gasteiger partial charge in [0.05, 0.1) is 0 Å². The van der Waals surface area contributed by atoms with E-state index >= 15 is 0 Å². The topological polar surface area (TPSA) is 57.3 Å². The van der Waals surface area contributed by atoms with Crippen LogP contribution in [0.15, 0.2) is 24.5 Å². The van der Waals surface area contributed by atoms with Gasteiger partial charge in [-0.3, -0.25) is 14.7 Å². The monoisotopic (exact) mass is 416 g/mol. The molecular weight excluding hydrogens is 383 g/mol. The van der Waals surface area contributed by atoms with Gasteiger partial charge in [-0.05, 0) is 68.3 Å². The van der Waals surface area contributed by atoms with Crippen molar-refractivity contribution in [1.82, 2.24) is 20.5 Å². The molecule has 1 atom stereocenters. The van der Waals surface area contributed by atoms with Crippen molar-refractivity contribution in [2.75, 3.05) is 26.2 Å². The average molecular weight is 417 g/mol. The SMILES string of the molecule is CC(CC(=O)NC1CCN(Cc2ccncc2)CC1)C1CCNCC1.Cl.Cl. The van der Waals surface area contributed by atoms with E-state index in [1.165, 1.54) is 18.4 Å². The van der Waals surface area contributed by atoms with Crippen LogP contribution in [0.1, 0.15) is 44.6 Å². The number of amides is 1. The third-order valence-electron chi connectivity index (χ3n) is 5.80. The number of nitrogens with one attached hydrogen (secondary N) is 2. The van der Waals surface area contributed by atoms with Crippen molar-refractivity contribution in [3.63, 3.8) is 0 Å². The fourth-order valence-electron chi connectivity index (χ4n) is 4.14. The van der Waals surface area contributed by atoms with Gasteiger partial charge in [-0.25, -0.2) is 0 Å². The summed E-state index contributed by atoms with van der Waals surface area (Å²) in [6, 6.07) is 4.51. The molecular formula is C20H34Cl2N4O. The van der Waals surface area contributed by atoms with E-state index in [9.17, 15) is 4.79 Å². The van der Waals surface area contributed by atoms with Gasteiger partial charge in [-0.1, -0.05) is 6.92 Å². The molecule has 2 aliphatic rings. The Morgan fingerprint density at radius 1 is 1.19 bits per heavy atom. The van der Waals surface area contributed by atoms with E-state index < -0.39 is 0 Å². The molecule has 3 heterocycles. The van der Waals surface area contributed by atoms with Crippen LogP contribution in [-0.2, 0) is 11.3 Å². The van der Waals surface area contributed by atoms with Gasteiger partial charge in [0, 0.05) is 44.5 Å². The number of halogens is 2. The Bertz CT molecular complexity index is 532. The van der Waals surface area contributed by atoms with Crippen molar-refractivity contribution in [2.24, 2.45) is 11.8 Å². The molecule has 3 rings (SSSR count). The van der Waals surface area contributed by atoms with E-state index in [0.717, 1.165) is 45.6 Å². The zero-order valence-electron chi connectivity index (χ0n) is 16.2. The molecule has 27 heavy (non-hydrogen) atoms. The third-order valence-corrected chi connectivity index (χ3v) is 5.80. The quantitative estimate of drug-likeness (QED) is 0.747. The van der Waals surface area contributed by atoms with Crippen LogP contribution in [0.5, 0.6) is 0 Å². The number of likely N-dealkylation sites (tertiary alicyclic amines) is 1.